The molecular weight excluding hydrogens is 274 g/mol. The van der Waals surface area contributed by atoms with Gasteiger partial charge in [-0.25, -0.2) is 4.79 Å². The van der Waals surface area contributed by atoms with Gasteiger partial charge < -0.3 is 10.1 Å². The first-order valence-electron chi connectivity index (χ1n) is 6.15. The molecule has 18 heavy (non-hydrogen) atoms. The topological polar surface area (TPSA) is 55.4 Å². The molecule has 0 aromatic heterocycles. The van der Waals surface area contributed by atoms with Crippen LogP contribution in [0.15, 0.2) is 0 Å². The van der Waals surface area contributed by atoms with Gasteiger partial charge in [-0.05, 0) is 12.8 Å². The number of hydrogen-bond donors (Lipinski definition) is 1. The highest BCUT2D eigenvalue weighted by molar-refractivity contribution is 8.00. The molecule has 0 aromatic carbocycles. The van der Waals surface area contributed by atoms with Gasteiger partial charge in [0.1, 0.15) is 6.04 Å². The zero-order chi connectivity index (χ0) is 13.5. The van der Waals surface area contributed by atoms with Gasteiger partial charge >= 0.3 is 5.97 Å². The van der Waals surface area contributed by atoms with E-state index in [0.717, 1.165) is 12.8 Å². The predicted octanol–water partition coefficient (Wildman–Crippen LogP) is 1.95. The molecule has 1 saturated carbocycles. The predicted molar refractivity (Wildman–Crippen MR) is 74.0 cm³/mol. The number of ether oxygens (including phenoxy) is 1. The summed E-state index contributed by atoms with van der Waals surface area (Å²) in [6.07, 6.45) is 4.47. The van der Waals surface area contributed by atoms with E-state index in [0.29, 0.717) is 11.0 Å². The SMILES string of the molecule is COC(=O)[C@H](CSC1CCCCC1Cl)NC(C)=O. The van der Waals surface area contributed by atoms with Crippen molar-refractivity contribution < 1.29 is 14.3 Å². The maximum Gasteiger partial charge on any atom is 0.329 e. The van der Waals surface area contributed by atoms with Crippen LogP contribution in [0.25, 0.3) is 0 Å². The first-order chi connectivity index (χ1) is 8.54. The summed E-state index contributed by atoms with van der Waals surface area (Å²) in [5.41, 5.74) is 0. The molecular formula is C12H20ClNO3S. The first-order valence-corrected chi connectivity index (χ1v) is 7.63. The van der Waals surface area contributed by atoms with Crippen molar-refractivity contribution in [1.29, 1.82) is 0 Å². The summed E-state index contributed by atoms with van der Waals surface area (Å²) < 4.78 is 4.68. The molecule has 1 fully saturated rings. The van der Waals surface area contributed by atoms with Gasteiger partial charge in [-0.15, -0.1) is 11.6 Å². The molecule has 1 aliphatic carbocycles. The third-order valence-corrected chi connectivity index (χ3v) is 5.15. The molecule has 0 spiro atoms. The fraction of sp³-hybridized carbons (Fsp3) is 0.833. The number of carbonyl (C=O) groups is 2. The number of amides is 1. The molecule has 3 atom stereocenters. The standard InChI is InChI=1S/C12H20ClNO3S/c1-8(15)14-10(12(16)17-2)7-18-11-6-4-3-5-9(11)13/h9-11H,3-7H2,1-2H3,(H,14,15)/t9?,10-,11?/m0/s1. The lowest BCUT2D eigenvalue weighted by Gasteiger charge is -2.27. The Morgan fingerprint density at radius 3 is 2.67 bits per heavy atom. The van der Waals surface area contributed by atoms with E-state index in [-0.39, 0.29) is 11.3 Å². The van der Waals surface area contributed by atoms with Gasteiger partial charge in [-0.1, -0.05) is 12.8 Å². The van der Waals surface area contributed by atoms with E-state index < -0.39 is 12.0 Å². The molecule has 2 unspecified atom stereocenters. The summed E-state index contributed by atoms with van der Waals surface area (Å²) in [5.74, 6) is -0.114. The van der Waals surface area contributed by atoms with E-state index in [1.807, 2.05) is 0 Å². The van der Waals surface area contributed by atoms with Crippen molar-refractivity contribution >= 4 is 35.2 Å². The Morgan fingerprint density at radius 1 is 1.44 bits per heavy atom. The fourth-order valence-electron chi connectivity index (χ4n) is 2.02. The van der Waals surface area contributed by atoms with Gasteiger partial charge in [0.15, 0.2) is 0 Å². The molecule has 1 N–H and O–H groups in total. The Labute approximate surface area is 117 Å². The average molecular weight is 294 g/mol. The number of thioether (sulfide) groups is 1. The summed E-state index contributed by atoms with van der Waals surface area (Å²) in [4.78, 5) is 22.6. The van der Waals surface area contributed by atoms with Crippen molar-refractivity contribution in [3.05, 3.63) is 0 Å². The summed E-state index contributed by atoms with van der Waals surface area (Å²) in [7, 11) is 1.33. The summed E-state index contributed by atoms with van der Waals surface area (Å²) in [6, 6.07) is -0.580. The van der Waals surface area contributed by atoms with Crippen LogP contribution in [-0.4, -0.2) is 41.4 Å². The molecule has 0 saturated heterocycles. The number of nitrogens with one attached hydrogen (secondary N) is 1. The minimum Gasteiger partial charge on any atom is -0.467 e. The van der Waals surface area contributed by atoms with Gasteiger partial charge in [-0.3, -0.25) is 4.79 Å². The van der Waals surface area contributed by atoms with E-state index in [4.69, 9.17) is 11.6 Å². The lowest BCUT2D eigenvalue weighted by atomic mass is 10.00. The van der Waals surface area contributed by atoms with Gasteiger partial charge in [-0.2, -0.15) is 11.8 Å². The maximum atomic E-state index is 11.5. The number of carbonyl (C=O) groups excluding carboxylic acids is 2. The molecule has 0 aliphatic heterocycles. The van der Waals surface area contributed by atoms with E-state index in [1.54, 1.807) is 11.8 Å². The number of esters is 1. The van der Waals surface area contributed by atoms with Crippen LogP contribution < -0.4 is 5.32 Å². The lowest BCUT2D eigenvalue weighted by molar-refractivity contribution is -0.144. The van der Waals surface area contributed by atoms with Crippen molar-refractivity contribution in [2.75, 3.05) is 12.9 Å². The normalized spacial score (nSPS) is 25.3. The molecule has 104 valence electrons. The molecule has 0 radical (unpaired) electrons. The average Bonchev–Trinajstić information content (AvgIpc) is 2.34. The fourth-order valence-corrected chi connectivity index (χ4v) is 3.85. The van der Waals surface area contributed by atoms with Crippen LogP contribution in [0, 0.1) is 0 Å². The Balaban J connectivity index is 2.45. The van der Waals surface area contributed by atoms with Crippen molar-refractivity contribution in [3.63, 3.8) is 0 Å². The smallest absolute Gasteiger partial charge is 0.329 e. The van der Waals surface area contributed by atoms with Crippen LogP contribution in [0.1, 0.15) is 32.6 Å². The zero-order valence-corrected chi connectivity index (χ0v) is 12.4. The minimum absolute atomic E-state index is 0.166. The molecule has 1 rings (SSSR count). The summed E-state index contributed by atoms with van der Waals surface area (Å²) >= 11 is 7.91. The van der Waals surface area contributed by atoms with Crippen LogP contribution in [-0.2, 0) is 14.3 Å². The molecule has 6 heteroatoms. The highest BCUT2D eigenvalue weighted by Crippen LogP contribution is 2.32. The van der Waals surface area contributed by atoms with Crippen LogP contribution in [0.5, 0.6) is 0 Å². The number of rotatable bonds is 5. The Morgan fingerprint density at radius 2 is 2.11 bits per heavy atom. The van der Waals surface area contributed by atoms with E-state index in [9.17, 15) is 9.59 Å². The molecule has 1 aliphatic rings. The maximum absolute atomic E-state index is 11.5. The summed E-state index contributed by atoms with van der Waals surface area (Å²) in [5, 5.41) is 3.14. The van der Waals surface area contributed by atoms with Gasteiger partial charge in [0.05, 0.1) is 7.11 Å². The van der Waals surface area contributed by atoms with Crippen molar-refractivity contribution in [2.24, 2.45) is 0 Å². The van der Waals surface area contributed by atoms with E-state index in [2.05, 4.69) is 10.1 Å². The Hall–Kier alpha value is -0.420. The number of hydrogen-bond acceptors (Lipinski definition) is 4. The number of methoxy groups -OCH3 is 1. The lowest BCUT2D eigenvalue weighted by Crippen LogP contribution is -2.43. The van der Waals surface area contributed by atoms with Crippen molar-refractivity contribution in [3.8, 4) is 0 Å². The monoisotopic (exact) mass is 293 g/mol. The minimum atomic E-state index is -0.580. The van der Waals surface area contributed by atoms with Crippen LogP contribution in [0.2, 0.25) is 0 Å². The Bertz CT molecular complexity index is 301. The second-order valence-corrected chi connectivity index (χ2v) is 6.28. The van der Waals surface area contributed by atoms with Gasteiger partial charge in [0.25, 0.3) is 0 Å². The van der Waals surface area contributed by atoms with Crippen molar-refractivity contribution in [1.82, 2.24) is 5.32 Å². The van der Waals surface area contributed by atoms with Gasteiger partial charge in [0.2, 0.25) is 5.91 Å². The molecule has 1 amide bonds. The zero-order valence-electron chi connectivity index (χ0n) is 10.8. The molecule has 0 bridgehead atoms. The van der Waals surface area contributed by atoms with Crippen LogP contribution >= 0.6 is 23.4 Å². The first kappa shape index (κ1) is 15.6. The highest BCUT2D eigenvalue weighted by Gasteiger charge is 2.27. The summed E-state index contributed by atoms with van der Waals surface area (Å²) in [6.45, 7) is 1.39. The second-order valence-electron chi connectivity index (χ2n) is 4.45. The van der Waals surface area contributed by atoms with Crippen LogP contribution in [0.4, 0.5) is 0 Å². The Kier molecular flexibility index (Phi) is 6.86. The largest absolute Gasteiger partial charge is 0.467 e. The highest BCUT2D eigenvalue weighted by atomic mass is 35.5. The second kappa shape index (κ2) is 7.89. The number of alkyl halides is 1. The van der Waals surface area contributed by atoms with Gasteiger partial charge in [0, 0.05) is 23.3 Å². The van der Waals surface area contributed by atoms with Crippen LogP contribution in [0.3, 0.4) is 0 Å². The molecule has 0 aromatic rings. The van der Waals surface area contributed by atoms with E-state index in [1.165, 1.54) is 26.9 Å². The quantitative estimate of drug-likeness (QED) is 0.622. The molecule has 4 nitrogen and oxygen atoms in total. The molecule has 0 heterocycles. The van der Waals surface area contributed by atoms with E-state index >= 15 is 0 Å². The third kappa shape index (κ3) is 5.06. The third-order valence-electron chi connectivity index (χ3n) is 2.96. The van der Waals surface area contributed by atoms with Crippen molar-refractivity contribution in [2.45, 2.75) is 49.3 Å². The number of halogens is 1.